The zero-order valence-electron chi connectivity index (χ0n) is 25.8. The topological polar surface area (TPSA) is 113 Å². The first kappa shape index (κ1) is 31.7. The molecule has 0 bridgehead atoms. The highest BCUT2D eigenvalue weighted by Gasteiger charge is 2.13. The lowest BCUT2D eigenvalue weighted by atomic mass is 10.1. The standard InChI is InChI=1S/C36H40N6O3/c1-27-26-32(41-39-30-14-19-33(20-15-30)44-25-7-6-24-43)18-23-36(27)42-40-29-12-10-28(11-13-29)37-38-31-16-21-35(22-17-31)45-34-8-4-2-3-5-9-34/h10-23,26,34,43H,2-9,24-25H2,1H3. The Hall–Kier alpha value is -4.76. The molecule has 0 amide bonds. The Labute approximate surface area is 264 Å². The first-order valence-electron chi connectivity index (χ1n) is 15.7. The fourth-order valence-corrected chi connectivity index (χ4v) is 4.90. The van der Waals surface area contributed by atoms with Crippen LogP contribution in [-0.2, 0) is 0 Å². The Morgan fingerprint density at radius 1 is 0.578 bits per heavy atom. The Morgan fingerprint density at radius 2 is 1.07 bits per heavy atom. The third kappa shape index (κ3) is 10.4. The van der Waals surface area contributed by atoms with Gasteiger partial charge in [-0.15, -0.1) is 0 Å². The van der Waals surface area contributed by atoms with Crippen LogP contribution in [0.25, 0.3) is 0 Å². The molecule has 0 radical (unpaired) electrons. The minimum Gasteiger partial charge on any atom is -0.494 e. The number of azo groups is 3. The van der Waals surface area contributed by atoms with E-state index in [-0.39, 0.29) is 6.61 Å². The number of unbranched alkanes of at least 4 members (excludes halogenated alkanes) is 1. The smallest absolute Gasteiger partial charge is 0.119 e. The second-order valence-electron chi connectivity index (χ2n) is 11.1. The van der Waals surface area contributed by atoms with Gasteiger partial charge in [-0.25, -0.2) is 0 Å². The summed E-state index contributed by atoms with van der Waals surface area (Å²) < 4.78 is 11.8. The molecule has 0 unspecified atom stereocenters. The zero-order valence-corrected chi connectivity index (χ0v) is 25.8. The Balaban J connectivity index is 1.10. The quantitative estimate of drug-likeness (QED) is 0.0930. The highest BCUT2D eigenvalue weighted by atomic mass is 16.5. The van der Waals surface area contributed by atoms with Crippen molar-refractivity contribution in [3.05, 3.63) is 96.6 Å². The van der Waals surface area contributed by atoms with Crippen molar-refractivity contribution < 1.29 is 14.6 Å². The lowest BCUT2D eigenvalue weighted by molar-refractivity contribution is 0.184. The van der Waals surface area contributed by atoms with Gasteiger partial charge in [0.25, 0.3) is 0 Å². The van der Waals surface area contributed by atoms with Gasteiger partial charge in [0.1, 0.15) is 11.5 Å². The van der Waals surface area contributed by atoms with Gasteiger partial charge in [-0.3, -0.25) is 0 Å². The van der Waals surface area contributed by atoms with Gasteiger partial charge >= 0.3 is 0 Å². The van der Waals surface area contributed by atoms with E-state index >= 15 is 0 Å². The van der Waals surface area contributed by atoms with E-state index in [1.165, 1.54) is 25.7 Å². The van der Waals surface area contributed by atoms with Gasteiger partial charge in [0.2, 0.25) is 0 Å². The highest BCUT2D eigenvalue weighted by Crippen LogP contribution is 2.29. The number of ether oxygens (including phenoxy) is 2. The summed E-state index contributed by atoms with van der Waals surface area (Å²) >= 11 is 0. The van der Waals surface area contributed by atoms with Crippen molar-refractivity contribution in [1.29, 1.82) is 0 Å². The predicted molar refractivity (Wildman–Crippen MR) is 177 cm³/mol. The van der Waals surface area contributed by atoms with Gasteiger partial charge in [-0.1, -0.05) is 12.8 Å². The molecule has 1 saturated carbocycles. The van der Waals surface area contributed by atoms with Gasteiger partial charge in [0, 0.05) is 6.61 Å². The van der Waals surface area contributed by atoms with Crippen LogP contribution in [0.5, 0.6) is 11.5 Å². The van der Waals surface area contributed by atoms with Crippen molar-refractivity contribution in [2.45, 2.75) is 64.4 Å². The van der Waals surface area contributed by atoms with Crippen LogP contribution in [0, 0.1) is 6.92 Å². The van der Waals surface area contributed by atoms with E-state index in [1.54, 1.807) is 0 Å². The molecule has 0 aliphatic heterocycles. The summed E-state index contributed by atoms with van der Waals surface area (Å²) in [4.78, 5) is 0. The fourth-order valence-electron chi connectivity index (χ4n) is 4.90. The van der Waals surface area contributed by atoms with Crippen LogP contribution in [0.15, 0.2) is 122 Å². The molecule has 5 rings (SSSR count). The maximum atomic E-state index is 8.85. The normalized spacial score (nSPS) is 14.4. The minimum atomic E-state index is 0.182. The molecule has 9 heteroatoms. The zero-order chi connectivity index (χ0) is 31.1. The number of aryl methyl sites for hydroxylation is 1. The molecule has 1 N–H and O–H groups in total. The summed E-state index contributed by atoms with van der Waals surface area (Å²) in [5.74, 6) is 1.66. The molecule has 232 valence electrons. The first-order chi connectivity index (χ1) is 22.1. The average Bonchev–Trinajstić information content (AvgIpc) is 3.35. The molecule has 9 nitrogen and oxygen atoms in total. The number of aliphatic hydroxyl groups excluding tert-OH is 1. The molecule has 0 atom stereocenters. The van der Waals surface area contributed by atoms with E-state index in [4.69, 9.17) is 14.6 Å². The number of nitrogens with zero attached hydrogens (tertiary/aromatic N) is 6. The molecule has 0 heterocycles. The predicted octanol–water partition coefficient (Wildman–Crippen LogP) is 11.5. The van der Waals surface area contributed by atoms with Crippen molar-refractivity contribution in [2.75, 3.05) is 13.2 Å². The van der Waals surface area contributed by atoms with Gasteiger partial charge in [-0.05, 0) is 142 Å². The van der Waals surface area contributed by atoms with E-state index in [0.717, 1.165) is 76.9 Å². The molecule has 45 heavy (non-hydrogen) atoms. The van der Waals surface area contributed by atoms with Crippen molar-refractivity contribution in [3.63, 3.8) is 0 Å². The lowest BCUT2D eigenvalue weighted by Crippen LogP contribution is -2.14. The van der Waals surface area contributed by atoms with Crippen LogP contribution in [0.2, 0.25) is 0 Å². The van der Waals surface area contributed by atoms with Crippen molar-refractivity contribution in [3.8, 4) is 11.5 Å². The van der Waals surface area contributed by atoms with Gasteiger partial charge in [0.05, 0.1) is 46.8 Å². The average molecular weight is 605 g/mol. The molecule has 0 spiro atoms. The molecular weight excluding hydrogens is 564 g/mol. The van der Waals surface area contributed by atoms with Crippen molar-refractivity contribution in [1.82, 2.24) is 0 Å². The summed E-state index contributed by atoms with van der Waals surface area (Å²) in [7, 11) is 0. The number of rotatable bonds is 13. The maximum Gasteiger partial charge on any atom is 0.119 e. The Kier molecular flexibility index (Phi) is 11.9. The SMILES string of the molecule is Cc1cc(N=Nc2ccc(OCCCCO)cc2)ccc1N=Nc1ccc(N=Nc2ccc(OC3CCCCCC3)cc2)cc1. The van der Waals surface area contributed by atoms with E-state index in [9.17, 15) is 0 Å². The Bertz CT molecular complexity index is 1560. The van der Waals surface area contributed by atoms with E-state index < -0.39 is 0 Å². The Morgan fingerprint density at radius 3 is 1.62 bits per heavy atom. The van der Waals surface area contributed by atoms with E-state index in [0.29, 0.717) is 12.7 Å². The van der Waals surface area contributed by atoms with Crippen LogP contribution in [-0.4, -0.2) is 24.4 Å². The summed E-state index contributed by atoms with van der Waals surface area (Å²) in [5, 5.41) is 35.0. The second kappa shape index (κ2) is 16.9. The maximum absolute atomic E-state index is 8.85. The first-order valence-corrected chi connectivity index (χ1v) is 15.7. The number of aliphatic hydroxyl groups is 1. The molecule has 1 aliphatic carbocycles. The van der Waals surface area contributed by atoms with Gasteiger partial charge in [0.15, 0.2) is 0 Å². The third-order valence-electron chi connectivity index (χ3n) is 7.46. The van der Waals surface area contributed by atoms with Crippen LogP contribution in [0.3, 0.4) is 0 Å². The molecular formula is C36H40N6O3. The summed E-state index contributed by atoms with van der Waals surface area (Å²) in [6.07, 6.45) is 9.28. The number of benzene rings is 4. The number of hydrogen-bond acceptors (Lipinski definition) is 9. The monoisotopic (exact) mass is 604 g/mol. The minimum absolute atomic E-state index is 0.182. The second-order valence-corrected chi connectivity index (χ2v) is 11.1. The van der Waals surface area contributed by atoms with Crippen LogP contribution in [0.1, 0.15) is 56.9 Å². The molecule has 0 saturated heterocycles. The van der Waals surface area contributed by atoms with Crippen molar-refractivity contribution >= 4 is 34.1 Å². The van der Waals surface area contributed by atoms with E-state index in [2.05, 4.69) is 30.7 Å². The van der Waals surface area contributed by atoms with Crippen LogP contribution < -0.4 is 9.47 Å². The number of hydrogen-bond donors (Lipinski definition) is 1. The summed E-state index contributed by atoms with van der Waals surface area (Å²) in [5.41, 5.74) is 5.39. The molecule has 0 aromatic heterocycles. The van der Waals surface area contributed by atoms with Crippen LogP contribution in [0.4, 0.5) is 34.1 Å². The van der Waals surface area contributed by atoms with Crippen molar-refractivity contribution in [2.24, 2.45) is 30.7 Å². The summed E-state index contributed by atoms with van der Waals surface area (Å²) in [6.45, 7) is 2.73. The molecule has 1 fully saturated rings. The third-order valence-corrected chi connectivity index (χ3v) is 7.46. The van der Waals surface area contributed by atoms with E-state index in [1.807, 2.05) is 97.9 Å². The van der Waals surface area contributed by atoms with Crippen LogP contribution >= 0.6 is 0 Å². The highest BCUT2D eigenvalue weighted by molar-refractivity contribution is 5.54. The summed E-state index contributed by atoms with van der Waals surface area (Å²) in [6, 6.07) is 28.4. The molecule has 4 aromatic rings. The van der Waals surface area contributed by atoms with Gasteiger partial charge in [-0.2, -0.15) is 30.7 Å². The fraction of sp³-hybridized carbons (Fsp3) is 0.333. The largest absolute Gasteiger partial charge is 0.494 e. The molecule has 1 aliphatic rings. The lowest BCUT2D eigenvalue weighted by Gasteiger charge is -2.16. The molecule has 4 aromatic carbocycles. The van der Waals surface area contributed by atoms with Gasteiger partial charge < -0.3 is 14.6 Å².